The standard InChI is InChI=1S/C32H40O/c1-3-5-6-25-9-15-28(16-10-25)30-19-21-31(22-20-30)29-17-11-26(12-18-29)7-8-27-13-23-32(24-14-27)33-4-2/h3,11-14,17-18,23-25,28,30-31H,1,4-6,9-10,15-16,19-22H2,2H3. The number of ether oxygens (including phenoxy) is 1. The van der Waals surface area contributed by atoms with Crippen molar-refractivity contribution in [2.24, 2.45) is 17.8 Å². The van der Waals surface area contributed by atoms with E-state index in [2.05, 4.69) is 48.8 Å². The molecule has 2 aliphatic carbocycles. The van der Waals surface area contributed by atoms with Crippen LogP contribution in [0.5, 0.6) is 5.75 Å². The lowest BCUT2D eigenvalue weighted by Gasteiger charge is -2.38. The molecule has 4 rings (SSSR count). The van der Waals surface area contributed by atoms with Crippen LogP contribution in [0.15, 0.2) is 61.2 Å². The maximum Gasteiger partial charge on any atom is 0.119 e. The van der Waals surface area contributed by atoms with Crippen LogP contribution in [-0.4, -0.2) is 6.61 Å². The summed E-state index contributed by atoms with van der Waals surface area (Å²) >= 11 is 0. The highest BCUT2D eigenvalue weighted by molar-refractivity contribution is 5.45. The third-order valence-corrected chi connectivity index (χ3v) is 8.01. The molecule has 0 N–H and O–H groups in total. The smallest absolute Gasteiger partial charge is 0.119 e. The van der Waals surface area contributed by atoms with Crippen molar-refractivity contribution in [3.63, 3.8) is 0 Å². The Labute approximate surface area is 201 Å². The Morgan fingerprint density at radius 3 is 1.88 bits per heavy atom. The van der Waals surface area contributed by atoms with E-state index in [0.29, 0.717) is 6.61 Å². The molecule has 0 aliphatic heterocycles. The first-order valence-corrected chi connectivity index (χ1v) is 13.2. The lowest BCUT2D eigenvalue weighted by atomic mass is 9.68. The van der Waals surface area contributed by atoms with Crippen molar-refractivity contribution in [2.45, 2.75) is 77.0 Å². The molecular weight excluding hydrogens is 400 g/mol. The third-order valence-electron chi connectivity index (χ3n) is 8.01. The molecule has 1 heteroatoms. The second-order valence-electron chi connectivity index (χ2n) is 10.1. The molecule has 0 atom stereocenters. The minimum atomic E-state index is 0.691. The number of hydrogen-bond donors (Lipinski definition) is 0. The van der Waals surface area contributed by atoms with E-state index < -0.39 is 0 Å². The first-order chi connectivity index (χ1) is 16.2. The molecule has 0 unspecified atom stereocenters. The van der Waals surface area contributed by atoms with Crippen molar-refractivity contribution in [2.75, 3.05) is 6.61 Å². The Morgan fingerprint density at radius 1 is 0.788 bits per heavy atom. The average Bonchev–Trinajstić information content (AvgIpc) is 2.88. The van der Waals surface area contributed by atoms with E-state index in [1.165, 1.54) is 69.8 Å². The fraction of sp³-hybridized carbons (Fsp3) is 0.500. The fourth-order valence-electron chi connectivity index (χ4n) is 6.01. The van der Waals surface area contributed by atoms with Crippen molar-refractivity contribution < 1.29 is 4.74 Å². The zero-order chi connectivity index (χ0) is 22.9. The van der Waals surface area contributed by atoms with Gasteiger partial charge in [0.1, 0.15) is 5.75 Å². The van der Waals surface area contributed by atoms with Crippen LogP contribution in [0.25, 0.3) is 0 Å². The fourth-order valence-corrected chi connectivity index (χ4v) is 6.01. The van der Waals surface area contributed by atoms with Gasteiger partial charge in [-0.3, -0.25) is 0 Å². The highest BCUT2D eigenvalue weighted by atomic mass is 16.5. The van der Waals surface area contributed by atoms with Crippen LogP contribution in [0.3, 0.4) is 0 Å². The first-order valence-electron chi connectivity index (χ1n) is 13.2. The molecule has 2 aromatic rings. The molecule has 1 nitrogen and oxygen atoms in total. The maximum atomic E-state index is 5.50. The summed E-state index contributed by atoms with van der Waals surface area (Å²) in [5.41, 5.74) is 3.62. The van der Waals surface area contributed by atoms with Crippen molar-refractivity contribution in [1.29, 1.82) is 0 Å². The normalized spacial score (nSPS) is 25.0. The quantitative estimate of drug-likeness (QED) is 0.309. The van der Waals surface area contributed by atoms with Crippen LogP contribution in [0.4, 0.5) is 0 Å². The van der Waals surface area contributed by atoms with Gasteiger partial charge in [-0.05, 0) is 124 Å². The van der Waals surface area contributed by atoms with E-state index in [4.69, 9.17) is 4.74 Å². The lowest BCUT2D eigenvalue weighted by molar-refractivity contribution is 0.157. The van der Waals surface area contributed by atoms with Gasteiger partial charge in [0.2, 0.25) is 0 Å². The zero-order valence-corrected chi connectivity index (χ0v) is 20.4. The van der Waals surface area contributed by atoms with Crippen molar-refractivity contribution in [3.05, 3.63) is 77.9 Å². The predicted octanol–water partition coefficient (Wildman–Crippen LogP) is 8.53. The summed E-state index contributed by atoms with van der Waals surface area (Å²) < 4.78 is 5.50. The zero-order valence-electron chi connectivity index (χ0n) is 20.4. The minimum Gasteiger partial charge on any atom is -0.494 e. The highest BCUT2D eigenvalue weighted by Crippen LogP contribution is 2.44. The van der Waals surface area contributed by atoms with Crippen molar-refractivity contribution in [3.8, 4) is 17.6 Å². The molecule has 2 saturated carbocycles. The molecule has 2 aromatic carbocycles. The molecular formula is C32H40O. The topological polar surface area (TPSA) is 9.23 Å². The Morgan fingerprint density at radius 2 is 1.33 bits per heavy atom. The van der Waals surface area contributed by atoms with Crippen LogP contribution in [0.1, 0.15) is 93.7 Å². The summed E-state index contributed by atoms with van der Waals surface area (Å²) in [5.74, 6) is 11.2. The number of allylic oxidation sites excluding steroid dienone is 1. The van der Waals surface area contributed by atoms with Crippen LogP contribution in [0.2, 0.25) is 0 Å². The van der Waals surface area contributed by atoms with Gasteiger partial charge < -0.3 is 4.74 Å². The van der Waals surface area contributed by atoms with E-state index in [9.17, 15) is 0 Å². The Bertz CT molecular complexity index is 911. The van der Waals surface area contributed by atoms with Gasteiger partial charge in [0.15, 0.2) is 0 Å². The number of benzene rings is 2. The second kappa shape index (κ2) is 12.1. The van der Waals surface area contributed by atoms with Gasteiger partial charge >= 0.3 is 0 Å². The largest absolute Gasteiger partial charge is 0.494 e. The van der Waals surface area contributed by atoms with E-state index in [-0.39, 0.29) is 0 Å². The monoisotopic (exact) mass is 440 g/mol. The van der Waals surface area contributed by atoms with E-state index in [0.717, 1.165) is 40.5 Å². The van der Waals surface area contributed by atoms with Crippen molar-refractivity contribution >= 4 is 0 Å². The molecule has 0 saturated heterocycles. The van der Waals surface area contributed by atoms with Gasteiger partial charge in [0.25, 0.3) is 0 Å². The van der Waals surface area contributed by atoms with Crippen LogP contribution < -0.4 is 4.74 Å². The van der Waals surface area contributed by atoms with Crippen LogP contribution in [0, 0.1) is 29.6 Å². The summed E-state index contributed by atoms with van der Waals surface area (Å²) in [6.45, 7) is 6.58. The summed E-state index contributed by atoms with van der Waals surface area (Å²) in [4.78, 5) is 0. The highest BCUT2D eigenvalue weighted by Gasteiger charge is 2.31. The van der Waals surface area contributed by atoms with Gasteiger partial charge in [0.05, 0.1) is 6.61 Å². The lowest BCUT2D eigenvalue weighted by Crippen LogP contribution is -2.25. The molecule has 2 fully saturated rings. The Balaban J connectivity index is 1.25. The summed E-state index contributed by atoms with van der Waals surface area (Å²) in [6.07, 6.45) is 16.1. The Kier molecular flexibility index (Phi) is 8.71. The van der Waals surface area contributed by atoms with Crippen LogP contribution >= 0.6 is 0 Å². The first kappa shape index (κ1) is 23.7. The SMILES string of the molecule is C=CCCC1CCC(C2CCC(c3ccc(C#Cc4ccc(OCC)cc4)cc3)CC2)CC1. The maximum absolute atomic E-state index is 5.50. The van der Waals surface area contributed by atoms with Crippen LogP contribution in [-0.2, 0) is 0 Å². The molecule has 174 valence electrons. The summed E-state index contributed by atoms with van der Waals surface area (Å²) in [5, 5.41) is 0. The molecule has 2 aliphatic rings. The third kappa shape index (κ3) is 6.77. The molecule has 0 bridgehead atoms. The van der Waals surface area contributed by atoms with Gasteiger partial charge in [-0.15, -0.1) is 6.58 Å². The number of hydrogen-bond acceptors (Lipinski definition) is 1. The number of rotatable bonds is 7. The Hall–Kier alpha value is -2.46. The van der Waals surface area contributed by atoms with Gasteiger partial charge in [-0.2, -0.15) is 0 Å². The molecule has 0 radical (unpaired) electrons. The summed E-state index contributed by atoms with van der Waals surface area (Å²) in [7, 11) is 0. The van der Waals surface area contributed by atoms with E-state index in [1.54, 1.807) is 0 Å². The molecule has 33 heavy (non-hydrogen) atoms. The van der Waals surface area contributed by atoms with Gasteiger partial charge in [0, 0.05) is 11.1 Å². The molecule has 0 heterocycles. The molecule has 0 aromatic heterocycles. The van der Waals surface area contributed by atoms with Gasteiger partial charge in [-0.25, -0.2) is 0 Å². The van der Waals surface area contributed by atoms with Gasteiger partial charge in [-0.1, -0.05) is 42.9 Å². The molecule has 0 spiro atoms. The van der Waals surface area contributed by atoms with E-state index in [1.807, 2.05) is 31.2 Å². The molecule has 0 amide bonds. The minimum absolute atomic E-state index is 0.691. The van der Waals surface area contributed by atoms with Crippen molar-refractivity contribution in [1.82, 2.24) is 0 Å². The predicted molar refractivity (Wildman–Crippen MR) is 140 cm³/mol. The average molecular weight is 441 g/mol. The second-order valence-corrected chi connectivity index (χ2v) is 10.1. The van der Waals surface area contributed by atoms with E-state index >= 15 is 0 Å². The summed E-state index contributed by atoms with van der Waals surface area (Å²) in [6, 6.07) is 17.1.